The summed E-state index contributed by atoms with van der Waals surface area (Å²) in [5.74, 6) is -0.266. The normalized spacial score (nSPS) is 12.2. The fraction of sp³-hybridized carbons (Fsp3) is 0.600. The van der Waals surface area contributed by atoms with E-state index in [4.69, 9.17) is 4.55 Å². The molecule has 0 fully saturated rings. The molecule has 1 radical (unpaired) electrons. The number of hydrogen-bond donors (Lipinski definition) is 2. The lowest BCUT2D eigenvalue weighted by molar-refractivity contribution is -0.117. The molecule has 0 heterocycles. The van der Waals surface area contributed by atoms with Crippen LogP contribution >= 0.6 is 0 Å². The van der Waals surface area contributed by atoms with E-state index in [0.29, 0.717) is 18.5 Å². The molecule has 5 nitrogen and oxygen atoms in total. The molecule has 6 heteroatoms. The van der Waals surface area contributed by atoms with Crippen LogP contribution in [-0.4, -0.2) is 30.2 Å². The summed E-state index contributed by atoms with van der Waals surface area (Å²) in [6, 6.07) is 0. The number of carbonyl (C=O) groups is 1. The summed E-state index contributed by atoms with van der Waals surface area (Å²) in [5, 5.41) is 2.56. The van der Waals surface area contributed by atoms with Crippen LogP contribution in [0.5, 0.6) is 0 Å². The van der Waals surface area contributed by atoms with Crippen molar-refractivity contribution in [1.82, 2.24) is 5.32 Å². The molecule has 0 aliphatic rings. The molecule has 0 spiro atoms. The van der Waals surface area contributed by atoms with Gasteiger partial charge in [0, 0.05) is 12.1 Å². The Morgan fingerprint density at radius 1 is 1.50 bits per heavy atom. The maximum absolute atomic E-state index is 11.1. The number of nitrogens with one attached hydrogen (secondary N) is 1. The van der Waals surface area contributed by atoms with E-state index < -0.39 is 14.9 Å². The van der Waals surface area contributed by atoms with Gasteiger partial charge >= 0.3 is 0 Å². The molecule has 0 aliphatic heterocycles. The van der Waals surface area contributed by atoms with E-state index in [9.17, 15) is 13.2 Å². The average molecular weight is 248 g/mol. The van der Waals surface area contributed by atoms with Crippen LogP contribution in [0, 0.1) is 6.42 Å². The fourth-order valence-electron chi connectivity index (χ4n) is 0.862. The van der Waals surface area contributed by atoms with Crippen molar-refractivity contribution in [3.8, 4) is 0 Å². The lowest BCUT2D eigenvalue weighted by Gasteiger charge is -2.20. The molecular weight excluding hydrogens is 230 g/mol. The van der Waals surface area contributed by atoms with Crippen molar-refractivity contribution in [2.45, 2.75) is 31.9 Å². The smallest absolute Gasteiger partial charge is 0.270 e. The van der Waals surface area contributed by atoms with E-state index in [0.717, 1.165) is 0 Å². The third-order valence-electron chi connectivity index (χ3n) is 2.12. The molecule has 1 amide bonds. The highest BCUT2D eigenvalue weighted by atomic mass is 32.2. The molecular formula is C10H18NO4S. The summed E-state index contributed by atoms with van der Waals surface area (Å²) in [7, 11) is -4.11. The number of amides is 1. The van der Waals surface area contributed by atoms with Crippen molar-refractivity contribution in [1.29, 1.82) is 0 Å². The van der Waals surface area contributed by atoms with E-state index in [1.807, 2.05) is 0 Å². The Morgan fingerprint density at radius 2 is 2.00 bits per heavy atom. The van der Waals surface area contributed by atoms with Gasteiger partial charge in [0.15, 0.2) is 0 Å². The van der Waals surface area contributed by atoms with Gasteiger partial charge in [0.2, 0.25) is 5.91 Å². The van der Waals surface area contributed by atoms with Crippen LogP contribution in [0.3, 0.4) is 0 Å². The van der Waals surface area contributed by atoms with Crippen molar-refractivity contribution in [3.05, 3.63) is 18.6 Å². The summed E-state index contributed by atoms with van der Waals surface area (Å²) in [6.45, 7) is 8.14. The second kappa shape index (κ2) is 5.45. The number of rotatable bonds is 6. The molecule has 0 aromatic carbocycles. The van der Waals surface area contributed by atoms with E-state index in [2.05, 4.69) is 11.9 Å². The van der Waals surface area contributed by atoms with Crippen LogP contribution in [0.2, 0.25) is 0 Å². The average Bonchev–Trinajstić information content (AvgIpc) is 2.09. The fourth-order valence-corrected chi connectivity index (χ4v) is 1.19. The zero-order valence-electron chi connectivity index (χ0n) is 9.78. The second-order valence-corrected chi connectivity index (χ2v) is 6.11. The molecule has 0 aromatic heterocycles. The van der Waals surface area contributed by atoms with Crippen LogP contribution in [0.4, 0.5) is 0 Å². The van der Waals surface area contributed by atoms with Crippen molar-refractivity contribution in [3.63, 3.8) is 0 Å². The summed E-state index contributed by atoms with van der Waals surface area (Å²) < 4.78 is 29.4. The highest BCUT2D eigenvalue weighted by Gasteiger charge is 2.31. The minimum atomic E-state index is -4.11. The van der Waals surface area contributed by atoms with Gasteiger partial charge in [-0.3, -0.25) is 9.35 Å². The Hall–Kier alpha value is -0.880. The van der Waals surface area contributed by atoms with Crippen LogP contribution < -0.4 is 5.32 Å². The Balaban J connectivity index is 4.02. The molecule has 93 valence electrons. The van der Waals surface area contributed by atoms with Gasteiger partial charge in [-0.05, 0) is 33.6 Å². The highest BCUT2D eigenvalue weighted by Crippen LogP contribution is 2.19. The zero-order valence-corrected chi connectivity index (χ0v) is 10.6. The molecule has 0 atom stereocenters. The number of hydrogen-bond acceptors (Lipinski definition) is 3. The summed E-state index contributed by atoms with van der Waals surface area (Å²) in [4.78, 5) is 11.1. The predicted octanol–water partition coefficient (Wildman–Crippen LogP) is 0.939. The molecule has 0 saturated heterocycles. The van der Waals surface area contributed by atoms with Gasteiger partial charge in [0.1, 0.15) is 0 Å². The summed E-state index contributed by atoms with van der Waals surface area (Å²) >= 11 is 0. The molecule has 0 saturated carbocycles. The Kier molecular flexibility index (Phi) is 5.15. The Bertz CT molecular complexity index is 370. The molecule has 0 unspecified atom stereocenters. The van der Waals surface area contributed by atoms with Crippen molar-refractivity contribution < 1.29 is 17.8 Å². The van der Waals surface area contributed by atoms with Crippen LogP contribution in [0.15, 0.2) is 12.2 Å². The van der Waals surface area contributed by atoms with Crippen LogP contribution in [0.25, 0.3) is 0 Å². The maximum atomic E-state index is 11.1. The Labute approximate surface area is 96.7 Å². The first-order chi connectivity index (χ1) is 7.08. The monoisotopic (exact) mass is 248 g/mol. The molecule has 0 aromatic rings. The zero-order chi connectivity index (χ0) is 13.0. The predicted molar refractivity (Wildman–Crippen MR) is 62.4 cm³/mol. The van der Waals surface area contributed by atoms with Crippen molar-refractivity contribution in [2.75, 3.05) is 6.54 Å². The lowest BCUT2D eigenvalue weighted by Crippen LogP contribution is -2.33. The van der Waals surface area contributed by atoms with E-state index >= 15 is 0 Å². The molecule has 0 rings (SSSR count). The molecule has 2 N–H and O–H groups in total. The van der Waals surface area contributed by atoms with Crippen molar-refractivity contribution in [2.24, 2.45) is 0 Å². The third kappa shape index (κ3) is 4.76. The van der Waals surface area contributed by atoms with Gasteiger partial charge in [-0.15, -0.1) is 0 Å². The van der Waals surface area contributed by atoms with Gasteiger partial charge in [0.05, 0.1) is 4.75 Å². The standard InChI is InChI=1S/C10H18NO4S/c1-8(2)9(12)11-7-5-6-10(3,4)16(13,14)15/h6H,1,5,7H2,2-4H3,(H,11,12)(H,13,14,15). The molecule has 0 aliphatic carbocycles. The van der Waals surface area contributed by atoms with Gasteiger partial charge in [-0.2, -0.15) is 8.42 Å². The van der Waals surface area contributed by atoms with Crippen molar-refractivity contribution >= 4 is 16.0 Å². The first-order valence-corrected chi connectivity index (χ1v) is 6.27. The third-order valence-corrected chi connectivity index (χ3v) is 3.61. The van der Waals surface area contributed by atoms with Gasteiger partial charge in [-0.1, -0.05) is 6.58 Å². The maximum Gasteiger partial charge on any atom is 0.270 e. The largest absolute Gasteiger partial charge is 0.352 e. The lowest BCUT2D eigenvalue weighted by atomic mass is 10.1. The number of carbonyl (C=O) groups excluding carboxylic acids is 1. The molecule has 16 heavy (non-hydrogen) atoms. The summed E-state index contributed by atoms with van der Waals surface area (Å²) in [5.41, 5.74) is 0.397. The first-order valence-electron chi connectivity index (χ1n) is 4.83. The van der Waals surface area contributed by atoms with Gasteiger partial charge < -0.3 is 5.32 Å². The minimum absolute atomic E-state index is 0.266. The first kappa shape index (κ1) is 15.1. The molecule has 0 bridgehead atoms. The quantitative estimate of drug-likeness (QED) is 0.416. The van der Waals surface area contributed by atoms with Crippen LogP contribution in [-0.2, 0) is 14.9 Å². The van der Waals surface area contributed by atoms with E-state index in [1.165, 1.54) is 20.3 Å². The van der Waals surface area contributed by atoms with E-state index in [1.54, 1.807) is 6.92 Å². The topological polar surface area (TPSA) is 83.5 Å². The van der Waals surface area contributed by atoms with E-state index in [-0.39, 0.29) is 5.91 Å². The van der Waals surface area contributed by atoms with Crippen LogP contribution in [0.1, 0.15) is 27.2 Å². The SMILES string of the molecule is C=C(C)C(=O)NCC[CH]C(C)(C)S(=O)(=O)O. The van der Waals surface area contributed by atoms with Gasteiger partial charge in [0.25, 0.3) is 10.1 Å². The highest BCUT2D eigenvalue weighted by molar-refractivity contribution is 7.87. The van der Waals surface area contributed by atoms with Gasteiger partial charge in [-0.25, -0.2) is 0 Å². The minimum Gasteiger partial charge on any atom is -0.352 e. The summed E-state index contributed by atoms with van der Waals surface area (Å²) in [6.07, 6.45) is 1.80. The Morgan fingerprint density at radius 3 is 2.38 bits per heavy atom. The second-order valence-electron chi connectivity index (χ2n) is 4.11.